The Balaban J connectivity index is 2.11. The van der Waals surface area contributed by atoms with E-state index in [1.165, 1.54) is 19.3 Å². The maximum absolute atomic E-state index is 10.6. The first-order chi connectivity index (χ1) is 7.75. The van der Waals surface area contributed by atoms with Gasteiger partial charge in [-0.1, -0.05) is 0 Å². The Hall–Kier alpha value is -1.58. The van der Waals surface area contributed by atoms with Crippen LogP contribution in [0.1, 0.15) is 24.8 Å². The number of aromatic nitrogens is 1. The molecule has 86 valence electrons. The molecule has 4 nitrogen and oxygen atoms in total. The Morgan fingerprint density at radius 3 is 2.81 bits per heavy atom. The molecule has 4 heteroatoms. The second-order valence-electron chi connectivity index (χ2n) is 4.14. The molecule has 0 atom stereocenters. The van der Waals surface area contributed by atoms with Crippen LogP contribution in [0.15, 0.2) is 18.3 Å². The summed E-state index contributed by atoms with van der Waals surface area (Å²) in [4.78, 5) is 17.2. The Morgan fingerprint density at radius 2 is 2.12 bits per heavy atom. The predicted octanol–water partition coefficient (Wildman–Crippen LogP) is 1.70. The molecule has 0 aliphatic carbocycles. The van der Waals surface area contributed by atoms with Gasteiger partial charge in [-0.3, -0.25) is 4.79 Å². The lowest BCUT2D eigenvalue weighted by atomic mass is 10.1. The van der Waals surface area contributed by atoms with Crippen molar-refractivity contribution in [1.29, 1.82) is 0 Å². The van der Waals surface area contributed by atoms with Gasteiger partial charge in [-0.2, -0.15) is 0 Å². The predicted molar refractivity (Wildman–Crippen MR) is 61.6 cm³/mol. The van der Waals surface area contributed by atoms with E-state index in [1.54, 1.807) is 12.3 Å². The number of aliphatic carboxylic acids is 1. The van der Waals surface area contributed by atoms with Crippen molar-refractivity contribution in [2.24, 2.45) is 0 Å². The van der Waals surface area contributed by atoms with Crippen molar-refractivity contribution in [3.63, 3.8) is 0 Å². The zero-order valence-corrected chi connectivity index (χ0v) is 9.22. The number of hydrogen-bond donors (Lipinski definition) is 1. The quantitative estimate of drug-likeness (QED) is 0.842. The molecule has 0 bridgehead atoms. The highest BCUT2D eigenvalue weighted by Gasteiger charge is 2.12. The van der Waals surface area contributed by atoms with Crippen molar-refractivity contribution >= 4 is 11.8 Å². The summed E-state index contributed by atoms with van der Waals surface area (Å²) >= 11 is 0. The Labute approximate surface area is 94.9 Å². The van der Waals surface area contributed by atoms with E-state index in [9.17, 15) is 4.79 Å². The van der Waals surface area contributed by atoms with Crippen molar-refractivity contribution in [1.82, 2.24) is 4.98 Å². The maximum Gasteiger partial charge on any atom is 0.307 e. The van der Waals surface area contributed by atoms with Crippen LogP contribution < -0.4 is 4.90 Å². The average molecular weight is 220 g/mol. The summed E-state index contributed by atoms with van der Waals surface area (Å²) in [5.74, 6) is 0.120. The molecule has 1 fully saturated rings. The molecule has 2 heterocycles. The Kier molecular flexibility index (Phi) is 3.39. The van der Waals surface area contributed by atoms with Crippen molar-refractivity contribution in [3.8, 4) is 0 Å². The van der Waals surface area contributed by atoms with E-state index < -0.39 is 5.97 Å². The van der Waals surface area contributed by atoms with Crippen LogP contribution in [0, 0.1) is 0 Å². The zero-order chi connectivity index (χ0) is 11.4. The highest BCUT2D eigenvalue weighted by Crippen LogP contribution is 2.18. The van der Waals surface area contributed by atoms with E-state index in [1.807, 2.05) is 6.07 Å². The second kappa shape index (κ2) is 4.96. The van der Waals surface area contributed by atoms with Crippen LogP contribution in [0.3, 0.4) is 0 Å². The smallest absolute Gasteiger partial charge is 0.307 e. The number of anilines is 1. The number of carboxylic acid groups (broad SMARTS) is 1. The van der Waals surface area contributed by atoms with Crippen LogP contribution in [-0.4, -0.2) is 29.1 Å². The van der Waals surface area contributed by atoms with E-state index in [2.05, 4.69) is 9.88 Å². The minimum Gasteiger partial charge on any atom is -0.481 e. The van der Waals surface area contributed by atoms with Gasteiger partial charge in [-0.25, -0.2) is 4.98 Å². The molecule has 1 saturated heterocycles. The number of nitrogens with zero attached hydrogens (tertiary/aromatic N) is 2. The number of hydrogen-bond acceptors (Lipinski definition) is 3. The summed E-state index contributed by atoms with van der Waals surface area (Å²) in [5, 5.41) is 8.73. The molecule has 2 rings (SSSR count). The Bertz CT molecular complexity index is 373. The fourth-order valence-electron chi connectivity index (χ4n) is 2.04. The van der Waals surface area contributed by atoms with Crippen LogP contribution in [0.5, 0.6) is 0 Å². The summed E-state index contributed by atoms with van der Waals surface area (Å²) in [7, 11) is 0. The highest BCUT2D eigenvalue weighted by atomic mass is 16.4. The summed E-state index contributed by atoms with van der Waals surface area (Å²) < 4.78 is 0. The van der Waals surface area contributed by atoms with Crippen molar-refractivity contribution in [3.05, 3.63) is 23.9 Å². The van der Waals surface area contributed by atoms with Gasteiger partial charge < -0.3 is 10.0 Å². The molecule has 0 radical (unpaired) electrons. The van der Waals surface area contributed by atoms with Crippen molar-refractivity contribution in [2.45, 2.75) is 25.7 Å². The number of piperidine rings is 1. The molecule has 1 aromatic rings. The molecular formula is C12H16N2O2. The summed E-state index contributed by atoms with van der Waals surface area (Å²) in [6.45, 7) is 2.06. The third kappa shape index (κ3) is 2.72. The van der Waals surface area contributed by atoms with Gasteiger partial charge in [0.25, 0.3) is 0 Å². The first-order valence-electron chi connectivity index (χ1n) is 5.67. The fourth-order valence-corrected chi connectivity index (χ4v) is 2.04. The molecule has 1 aromatic heterocycles. The average Bonchev–Trinajstić information content (AvgIpc) is 2.30. The van der Waals surface area contributed by atoms with E-state index in [4.69, 9.17) is 5.11 Å². The van der Waals surface area contributed by atoms with Crippen LogP contribution in [-0.2, 0) is 11.2 Å². The summed E-state index contributed by atoms with van der Waals surface area (Å²) in [6.07, 6.45) is 5.45. The van der Waals surface area contributed by atoms with Crippen molar-refractivity contribution < 1.29 is 9.90 Å². The van der Waals surface area contributed by atoms with Gasteiger partial charge in [-0.15, -0.1) is 0 Å². The molecule has 0 aromatic carbocycles. The van der Waals surface area contributed by atoms with E-state index >= 15 is 0 Å². The minimum atomic E-state index is -0.796. The first kappa shape index (κ1) is 10.9. The molecule has 1 aliphatic heterocycles. The minimum absolute atomic E-state index is 0.0728. The van der Waals surface area contributed by atoms with Crippen LogP contribution in [0.25, 0.3) is 0 Å². The third-order valence-electron chi connectivity index (χ3n) is 2.85. The van der Waals surface area contributed by atoms with Crippen molar-refractivity contribution in [2.75, 3.05) is 18.0 Å². The van der Waals surface area contributed by atoms with Crippen LogP contribution >= 0.6 is 0 Å². The molecule has 0 unspecified atom stereocenters. The van der Waals surface area contributed by atoms with E-state index in [-0.39, 0.29) is 6.42 Å². The summed E-state index contributed by atoms with van der Waals surface area (Å²) in [6, 6.07) is 3.65. The van der Waals surface area contributed by atoms with Crippen LogP contribution in [0.4, 0.5) is 5.82 Å². The summed E-state index contributed by atoms with van der Waals surface area (Å²) in [5.41, 5.74) is 0.822. The monoisotopic (exact) mass is 220 g/mol. The maximum atomic E-state index is 10.6. The standard InChI is InChI=1S/C12H16N2O2/c15-12(16)9-10-4-5-13-11(8-10)14-6-2-1-3-7-14/h4-5,8H,1-3,6-7,9H2,(H,15,16). The van der Waals surface area contributed by atoms with Gasteiger partial charge >= 0.3 is 5.97 Å². The highest BCUT2D eigenvalue weighted by molar-refractivity contribution is 5.70. The van der Waals surface area contributed by atoms with Gasteiger partial charge in [0.15, 0.2) is 0 Å². The number of pyridine rings is 1. The lowest BCUT2D eigenvalue weighted by Crippen LogP contribution is -2.30. The normalized spacial score (nSPS) is 16.1. The molecule has 0 amide bonds. The SMILES string of the molecule is O=C(O)Cc1ccnc(N2CCCCC2)c1. The van der Waals surface area contributed by atoms with E-state index in [0.29, 0.717) is 0 Å². The zero-order valence-electron chi connectivity index (χ0n) is 9.22. The second-order valence-corrected chi connectivity index (χ2v) is 4.14. The topological polar surface area (TPSA) is 53.4 Å². The van der Waals surface area contributed by atoms with Gasteiger partial charge in [0.05, 0.1) is 6.42 Å². The van der Waals surface area contributed by atoms with Gasteiger partial charge in [0, 0.05) is 19.3 Å². The molecule has 1 N–H and O–H groups in total. The van der Waals surface area contributed by atoms with E-state index in [0.717, 1.165) is 24.5 Å². The van der Waals surface area contributed by atoms with Gasteiger partial charge in [-0.05, 0) is 37.0 Å². The van der Waals surface area contributed by atoms with Gasteiger partial charge in [0.2, 0.25) is 0 Å². The lowest BCUT2D eigenvalue weighted by molar-refractivity contribution is -0.136. The number of carboxylic acids is 1. The molecular weight excluding hydrogens is 204 g/mol. The third-order valence-corrected chi connectivity index (χ3v) is 2.85. The largest absolute Gasteiger partial charge is 0.481 e. The molecule has 0 spiro atoms. The fraction of sp³-hybridized carbons (Fsp3) is 0.500. The first-order valence-corrected chi connectivity index (χ1v) is 5.67. The Morgan fingerprint density at radius 1 is 1.38 bits per heavy atom. The number of rotatable bonds is 3. The lowest BCUT2D eigenvalue weighted by Gasteiger charge is -2.27. The molecule has 0 saturated carbocycles. The molecule has 16 heavy (non-hydrogen) atoms. The van der Waals surface area contributed by atoms with Crippen LogP contribution in [0.2, 0.25) is 0 Å². The number of carbonyl (C=O) groups is 1. The van der Waals surface area contributed by atoms with Gasteiger partial charge in [0.1, 0.15) is 5.82 Å². The molecule has 1 aliphatic rings.